The van der Waals surface area contributed by atoms with Gasteiger partial charge in [0, 0.05) is 25.3 Å². The molecule has 1 aromatic heterocycles. The zero-order valence-electron chi connectivity index (χ0n) is 10.1. The van der Waals surface area contributed by atoms with Gasteiger partial charge in [0.05, 0.1) is 6.10 Å². The normalized spacial score (nSPS) is 22.9. The third-order valence-corrected chi connectivity index (χ3v) is 2.84. The number of pyridine rings is 1. The molecular weight excluding hydrogens is 232 g/mol. The van der Waals surface area contributed by atoms with E-state index in [4.69, 9.17) is 10.5 Å². The van der Waals surface area contributed by atoms with Crippen LogP contribution in [0.3, 0.4) is 0 Å². The molecule has 0 aliphatic carbocycles. The molecule has 6 nitrogen and oxygen atoms in total. The lowest BCUT2D eigenvalue weighted by Crippen LogP contribution is -2.29. The second kappa shape index (κ2) is 6.32. The topological polar surface area (TPSA) is 89.3 Å². The minimum atomic E-state index is -0.426. The number of carbonyl (C=O) groups is 1. The van der Waals surface area contributed by atoms with Crippen LogP contribution in [0.5, 0.6) is 0 Å². The Morgan fingerprint density at radius 2 is 2.50 bits per heavy atom. The van der Waals surface area contributed by atoms with Gasteiger partial charge in [-0.3, -0.25) is 4.79 Å². The third kappa shape index (κ3) is 3.97. The van der Waals surface area contributed by atoms with Crippen molar-refractivity contribution in [2.75, 3.05) is 25.0 Å². The van der Waals surface area contributed by atoms with Crippen LogP contribution < -0.4 is 16.4 Å². The zero-order valence-corrected chi connectivity index (χ0v) is 10.1. The molecule has 6 heteroatoms. The van der Waals surface area contributed by atoms with Crippen molar-refractivity contribution in [3.05, 3.63) is 24.4 Å². The summed E-state index contributed by atoms with van der Waals surface area (Å²) in [6.45, 7) is 1.53. The maximum absolute atomic E-state index is 10.6. The third-order valence-electron chi connectivity index (χ3n) is 2.84. The number of hydrogen-bond acceptors (Lipinski definition) is 5. The summed E-state index contributed by atoms with van der Waals surface area (Å²) in [5.41, 5.74) is 5.03. The van der Waals surface area contributed by atoms with Crippen molar-refractivity contribution >= 4 is 11.7 Å². The molecule has 1 aliphatic heterocycles. The number of hydrogen-bond donors (Lipinski definition) is 3. The van der Waals surface area contributed by atoms with Crippen molar-refractivity contribution in [3.8, 4) is 0 Å². The minimum absolute atomic E-state index is 0.00721. The molecule has 1 fully saturated rings. The Labute approximate surface area is 106 Å². The molecule has 1 aromatic rings. The van der Waals surface area contributed by atoms with E-state index in [1.807, 2.05) is 18.2 Å². The summed E-state index contributed by atoms with van der Waals surface area (Å²) in [6, 6.07) is 6.07. The number of aromatic nitrogens is 1. The lowest BCUT2D eigenvalue weighted by molar-refractivity contribution is -0.124. The Morgan fingerprint density at radius 3 is 3.22 bits per heavy atom. The van der Waals surface area contributed by atoms with Gasteiger partial charge in [-0.1, -0.05) is 6.07 Å². The van der Waals surface area contributed by atoms with Gasteiger partial charge in [0.1, 0.15) is 12.4 Å². The molecule has 0 saturated carbocycles. The molecule has 0 aromatic carbocycles. The first-order valence-corrected chi connectivity index (χ1v) is 6.02. The molecule has 0 radical (unpaired) electrons. The average Bonchev–Trinajstić information content (AvgIpc) is 2.83. The summed E-state index contributed by atoms with van der Waals surface area (Å²) < 4.78 is 5.37. The van der Waals surface area contributed by atoms with E-state index in [0.29, 0.717) is 6.04 Å². The second-order valence-corrected chi connectivity index (χ2v) is 4.34. The van der Waals surface area contributed by atoms with Gasteiger partial charge in [0.15, 0.2) is 0 Å². The van der Waals surface area contributed by atoms with E-state index in [9.17, 15) is 4.79 Å². The molecule has 2 atom stereocenters. The van der Waals surface area contributed by atoms with E-state index in [1.165, 1.54) is 0 Å². The van der Waals surface area contributed by atoms with Crippen LogP contribution in [0.25, 0.3) is 0 Å². The Morgan fingerprint density at radius 1 is 1.61 bits per heavy atom. The molecule has 0 bridgehead atoms. The van der Waals surface area contributed by atoms with Crippen LogP contribution in [-0.2, 0) is 9.53 Å². The van der Waals surface area contributed by atoms with Crippen LogP contribution in [0.2, 0.25) is 0 Å². The first-order chi connectivity index (χ1) is 8.74. The van der Waals surface area contributed by atoms with Crippen molar-refractivity contribution in [1.29, 1.82) is 0 Å². The second-order valence-electron chi connectivity index (χ2n) is 4.34. The highest BCUT2D eigenvalue weighted by molar-refractivity contribution is 5.75. The number of nitrogens with one attached hydrogen (secondary N) is 2. The van der Waals surface area contributed by atoms with Crippen molar-refractivity contribution in [2.45, 2.75) is 18.6 Å². The predicted molar refractivity (Wildman–Crippen MR) is 68.1 cm³/mol. The van der Waals surface area contributed by atoms with Crippen LogP contribution in [0, 0.1) is 0 Å². The van der Waals surface area contributed by atoms with E-state index < -0.39 is 5.91 Å². The summed E-state index contributed by atoms with van der Waals surface area (Å²) in [5.74, 6) is 0.436. The van der Waals surface area contributed by atoms with Crippen LogP contribution in [0.1, 0.15) is 6.42 Å². The Balaban J connectivity index is 1.68. The van der Waals surface area contributed by atoms with E-state index in [-0.39, 0.29) is 12.7 Å². The number of rotatable bonds is 6. The molecular formula is C12H18N4O2. The van der Waals surface area contributed by atoms with Gasteiger partial charge in [-0.05, 0) is 18.6 Å². The maximum Gasteiger partial charge on any atom is 0.243 e. The molecule has 2 heterocycles. The van der Waals surface area contributed by atoms with Crippen molar-refractivity contribution in [2.24, 2.45) is 5.73 Å². The van der Waals surface area contributed by atoms with Crippen molar-refractivity contribution < 1.29 is 9.53 Å². The van der Waals surface area contributed by atoms with E-state index in [1.54, 1.807) is 6.20 Å². The fraction of sp³-hybridized carbons (Fsp3) is 0.500. The van der Waals surface area contributed by atoms with Gasteiger partial charge in [-0.2, -0.15) is 0 Å². The summed E-state index contributed by atoms with van der Waals surface area (Å²) in [6.07, 6.45) is 2.68. The number of nitrogens with zero attached hydrogens (tertiary/aromatic N) is 1. The van der Waals surface area contributed by atoms with Crippen LogP contribution in [-0.4, -0.2) is 42.7 Å². The van der Waals surface area contributed by atoms with Crippen molar-refractivity contribution in [1.82, 2.24) is 10.3 Å². The monoisotopic (exact) mass is 250 g/mol. The first kappa shape index (κ1) is 12.8. The summed E-state index contributed by atoms with van der Waals surface area (Å²) in [4.78, 5) is 14.8. The Hall–Kier alpha value is -1.66. The summed E-state index contributed by atoms with van der Waals surface area (Å²) >= 11 is 0. The van der Waals surface area contributed by atoms with E-state index in [0.717, 1.165) is 25.3 Å². The number of carbonyl (C=O) groups excluding carboxylic acids is 1. The number of amides is 1. The first-order valence-electron chi connectivity index (χ1n) is 6.02. The fourth-order valence-electron chi connectivity index (χ4n) is 1.96. The van der Waals surface area contributed by atoms with E-state index in [2.05, 4.69) is 15.6 Å². The quantitative estimate of drug-likeness (QED) is 0.646. The van der Waals surface area contributed by atoms with Crippen LogP contribution in [0.4, 0.5) is 5.82 Å². The van der Waals surface area contributed by atoms with Gasteiger partial charge < -0.3 is 21.1 Å². The maximum atomic E-state index is 10.6. The molecule has 2 rings (SSSR count). The highest BCUT2D eigenvalue weighted by Crippen LogP contribution is 2.11. The molecule has 4 N–H and O–H groups in total. The van der Waals surface area contributed by atoms with Gasteiger partial charge in [-0.25, -0.2) is 4.98 Å². The number of anilines is 1. The van der Waals surface area contributed by atoms with E-state index >= 15 is 0 Å². The highest BCUT2D eigenvalue weighted by Gasteiger charge is 2.24. The van der Waals surface area contributed by atoms with Gasteiger partial charge in [-0.15, -0.1) is 0 Å². The smallest absolute Gasteiger partial charge is 0.243 e. The number of primary amides is 1. The molecule has 0 spiro atoms. The van der Waals surface area contributed by atoms with Gasteiger partial charge in [0.25, 0.3) is 0 Å². The molecule has 1 saturated heterocycles. The number of ether oxygens (including phenoxy) is 1. The Bertz CT molecular complexity index is 385. The fourth-order valence-corrected chi connectivity index (χ4v) is 1.96. The summed E-state index contributed by atoms with van der Waals surface area (Å²) in [7, 11) is 0. The molecule has 1 amide bonds. The zero-order chi connectivity index (χ0) is 12.8. The Kier molecular flexibility index (Phi) is 4.49. The van der Waals surface area contributed by atoms with Gasteiger partial charge in [0.2, 0.25) is 5.91 Å². The van der Waals surface area contributed by atoms with Crippen LogP contribution in [0.15, 0.2) is 24.4 Å². The standard InChI is InChI=1S/C12H18N4O2/c13-11(17)8-18-10-5-9(15-7-10)6-16-12-3-1-2-4-14-12/h1-4,9-10,15H,5-8H2,(H2,13,17)(H,14,16). The molecule has 18 heavy (non-hydrogen) atoms. The lowest BCUT2D eigenvalue weighted by Gasteiger charge is -2.12. The summed E-state index contributed by atoms with van der Waals surface area (Å²) in [5, 5.41) is 6.58. The van der Waals surface area contributed by atoms with Crippen LogP contribution >= 0.6 is 0 Å². The minimum Gasteiger partial charge on any atom is -0.369 e. The molecule has 1 aliphatic rings. The van der Waals surface area contributed by atoms with Crippen molar-refractivity contribution in [3.63, 3.8) is 0 Å². The highest BCUT2D eigenvalue weighted by atomic mass is 16.5. The molecule has 98 valence electrons. The molecule has 2 unspecified atom stereocenters. The van der Waals surface area contributed by atoms with Gasteiger partial charge >= 0.3 is 0 Å². The lowest BCUT2D eigenvalue weighted by atomic mass is 10.2. The predicted octanol–water partition coefficient (Wildman–Crippen LogP) is -0.274. The largest absolute Gasteiger partial charge is 0.369 e. The SMILES string of the molecule is NC(=O)COC1CNC(CNc2ccccn2)C1. The number of nitrogens with two attached hydrogens (primary N) is 1. The average molecular weight is 250 g/mol.